The Morgan fingerprint density at radius 2 is 1.92 bits per heavy atom. The summed E-state index contributed by atoms with van der Waals surface area (Å²) in [5.41, 5.74) is 6.68. The molecule has 0 aromatic heterocycles. The van der Waals surface area contributed by atoms with Crippen molar-refractivity contribution in [3.05, 3.63) is 34.4 Å². The molecule has 1 aromatic carbocycles. The van der Waals surface area contributed by atoms with Crippen molar-refractivity contribution >= 4 is 0 Å². The summed E-state index contributed by atoms with van der Waals surface area (Å²) in [5, 5.41) is 0. The van der Waals surface area contributed by atoms with Crippen LogP contribution in [0.1, 0.15) is 47.9 Å². The fraction of sp³-hybridized carbons (Fsp3) is 0.500. The maximum Gasteiger partial charge on any atom is -0.0144 e. The normalized spacial score (nSPS) is 29.8. The topological polar surface area (TPSA) is 0 Å². The number of benzene rings is 1. The summed E-state index contributed by atoms with van der Waals surface area (Å²) in [7, 11) is 0. The molecule has 1 aromatic rings. The van der Waals surface area contributed by atoms with Crippen LogP contribution in [0.25, 0.3) is 0 Å². The van der Waals surface area contributed by atoms with Crippen LogP contribution in [0.3, 0.4) is 0 Å². The number of hydrogen-bond acceptors (Lipinski definition) is 0. The summed E-state index contributed by atoms with van der Waals surface area (Å²) in [6.07, 6.45) is 2.62. The highest BCUT2D eigenvalue weighted by atomic mass is 14.4. The quantitative estimate of drug-likeness (QED) is 0.544. The molecule has 0 heteroatoms. The van der Waals surface area contributed by atoms with E-state index in [0.717, 1.165) is 11.8 Å². The van der Waals surface area contributed by atoms with Crippen molar-refractivity contribution in [1.82, 2.24) is 0 Å². The van der Waals surface area contributed by atoms with Gasteiger partial charge in [-0.1, -0.05) is 26.0 Å². The van der Waals surface area contributed by atoms with E-state index < -0.39 is 0 Å². The van der Waals surface area contributed by atoms with E-state index in [1.807, 2.05) is 0 Å². The Labute approximate surface area is 73.6 Å². The lowest BCUT2D eigenvalue weighted by Crippen LogP contribution is -1.93. The molecule has 0 spiro atoms. The standard InChI is InChI=1S/C12H14/c1-7-6-11-9-3-4-10(7)12(11)8(2)5-9/h3-4,7-8H,5-6H2,1-2H3. The first-order chi connectivity index (χ1) is 5.77. The monoisotopic (exact) mass is 158 g/mol. The molecule has 0 radical (unpaired) electrons. The lowest BCUT2D eigenvalue weighted by molar-refractivity contribution is 0.757. The van der Waals surface area contributed by atoms with Gasteiger partial charge in [-0.25, -0.2) is 0 Å². The minimum absolute atomic E-state index is 0.798. The number of rotatable bonds is 0. The van der Waals surface area contributed by atoms with Gasteiger partial charge in [-0.3, -0.25) is 0 Å². The first-order valence-corrected chi connectivity index (χ1v) is 4.92. The van der Waals surface area contributed by atoms with E-state index in [1.54, 1.807) is 22.3 Å². The zero-order chi connectivity index (χ0) is 8.29. The minimum Gasteiger partial charge on any atom is -0.0584 e. The second-order valence-corrected chi connectivity index (χ2v) is 4.42. The third-order valence-corrected chi connectivity index (χ3v) is 3.55. The van der Waals surface area contributed by atoms with Crippen LogP contribution in [0.2, 0.25) is 0 Å². The Kier molecular flexibility index (Phi) is 1.08. The molecule has 2 aliphatic carbocycles. The van der Waals surface area contributed by atoms with Gasteiger partial charge < -0.3 is 0 Å². The molecule has 0 heterocycles. The molecule has 0 N–H and O–H groups in total. The van der Waals surface area contributed by atoms with Crippen molar-refractivity contribution in [3.8, 4) is 0 Å². The fourth-order valence-electron chi connectivity index (χ4n) is 3.02. The van der Waals surface area contributed by atoms with Gasteiger partial charge in [0.15, 0.2) is 0 Å². The molecule has 0 nitrogen and oxygen atoms in total. The predicted octanol–water partition coefficient (Wildman–Crippen LogP) is 3.01. The van der Waals surface area contributed by atoms with Gasteiger partial charge in [-0.2, -0.15) is 0 Å². The molecule has 0 saturated carbocycles. The van der Waals surface area contributed by atoms with Gasteiger partial charge in [-0.05, 0) is 46.9 Å². The molecule has 62 valence electrons. The lowest BCUT2D eigenvalue weighted by Gasteiger charge is -2.06. The first-order valence-electron chi connectivity index (χ1n) is 4.92. The molecule has 2 aliphatic rings. The van der Waals surface area contributed by atoms with Crippen molar-refractivity contribution in [1.29, 1.82) is 0 Å². The van der Waals surface area contributed by atoms with Crippen LogP contribution in [0.5, 0.6) is 0 Å². The van der Waals surface area contributed by atoms with Gasteiger partial charge in [0, 0.05) is 0 Å². The molecule has 0 aliphatic heterocycles. The van der Waals surface area contributed by atoms with Gasteiger partial charge in [0.1, 0.15) is 0 Å². The van der Waals surface area contributed by atoms with Crippen molar-refractivity contribution in [2.45, 2.75) is 38.5 Å². The fourth-order valence-corrected chi connectivity index (χ4v) is 3.02. The van der Waals surface area contributed by atoms with Gasteiger partial charge in [0.25, 0.3) is 0 Å². The van der Waals surface area contributed by atoms with Crippen LogP contribution >= 0.6 is 0 Å². The average molecular weight is 158 g/mol. The average Bonchev–Trinajstić information content (AvgIpc) is 2.36. The van der Waals surface area contributed by atoms with E-state index in [-0.39, 0.29) is 0 Å². The zero-order valence-electron chi connectivity index (χ0n) is 7.72. The van der Waals surface area contributed by atoms with E-state index in [9.17, 15) is 0 Å². The Morgan fingerprint density at radius 3 is 2.67 bits per heavy atom. The second-order valence-electron chi connectivity index (χ2n) is 4.42. The minimum atomic E-state index is 0.798. The molecule has 12 heavy (non-hydrogen) atoms. The van der Waals surface area contributed by atoms with Crippen LogP contribution in [-0.2, 0) is 12.8 Å². The van der Waals surface area contributed by atoms with Gasteiger partial charge in [0.05, 0.1) is 0 Å². The Balaban J connectivity index is 2.32. The maximum absolute atomic E-state index is 2.37. The summed E-state index contributed by atoms with van der Waals surface area (Å²) in [5.74, 6) is 1.61. The molecule has 0 amide bonds. The summed E-state index contributed by atoms with van der Waals surface area (Å²) >= 11 is 0. The molecular weight excluding hydrogens is 144 g/mol. The Hall–Kier alpha value is -0.780. The summed E-state index contributed by atoms with van der Waals surface area (Å²) < 4.78 is 0. The Morgan fingerprint density at radius 1 is 1.08 bits per heavy atom. The maximum atomic E-state index is 2.37. The third kappa shape index (κ3) is 0.600. The van der Waals surface area contributed by atoms with Crippen molar-refractivity contribution in [3.63, 3.8) is 0 Å². The van der Waals surface area contributed by atoms with Crippen LogP contribution < -0.4 is 0 Å². The number of hydrogen-bond donors (Lipinski definition) is 0. The largest absolute Gasteiger partial charge is 0.0584 e. The Bertz CT molecular complexity index is 349. The highest BCUT2D eigenvalue weighted by Crippen LogP contribution is 2.46. The van der Waals surface area contributed by atoms with E-state index in [2.05, 4.69) is 26.0 Å². The molecule has 0 fully saturated rings. The van der Waals surface area contributed by atoms with E-state index >= 15 is 0 Å². The summed E-state index contributed by atoms with van der Waals surface area (Å²) in [6.45, 7) is 4.72. The van der Waals surface area contributed by atoms with Crippen molar-refractivity contribution in [2.24, 2.45) is 0 Å². The van der Waals surface area contributed by atoms with E-state index in [1.165, 1.54) is 12.8 Å². The molecule has 3 rings (SSSR count). The molecule has 2 unspecified atom stereocenters. The van der Waals surface area contributed by atoms with Crippen molar-refractivity contribution in [2.75, 3.05) is 0 Å². The van der Waals surface area contributed by atoms with Gasteiger partial charge >= 0.3 is 0 Å². The molecular formula is C12H14. The molecule has 2 atom stereocenters. The van der Waals surface area contributed by atoms with Gasteiger partial charge in [0.2, 0.25) is 0 Å². The van der Waals surface area contributed by atoms with E-state index in [4.69, 9.17) is 0 Å². The molecule has 0 saturated heterocycles. The van der Waals surface area contributed by atoms with Crippen LogP contribution in [0.4, 0.5) is 0 Å². The second kappa shape index (κ2) is 1.93. The zero-order valence-corrected chi connectivity index (χ0v) is 7.72. The third-order valence-electron chi connectivity index (χ3n) is 3.55. The van der Waals surface area contributed by atoms with Gasteiger partial charge in [-0.15, -0.1) is 0 Å². The highest BCUT2D eigenvalue weighted by molar-refractivity contribution is 5.55. The van der Waals surface area contributed by atoms with Crippen molar-refractivity contribution < 1.29 is 0 Å². The highest BCUT2D eigenvalue weighted by Gasteiger charge is 2.33. The van der Waals surface area contributed by atoms with Crippen LogP contribution in [-0.4, -0.2) is 0 Å². The van der Waals surface area contributed by atoms with Crippen LogP contribution in [0, 0.1) is 0 Å². The smallest absolute Gasteiger partial charge is 0.0144 e. The summed E-state index contributed by atoms with van der Waals surface area (Å²) in [4.78, 5) is 0. The SMILES string of the molecule is CC1Cc2c3ccc1c2C(C)C3. The van der Waals surface area contributed by atoms with Crippen LogP contribution in [0.15, 0.2) is 12.1 Å². The first kappa shape index (κ1) is 6.71. The lowest BCUT2D eigenvalue weighted by atomic mass is 9.98. The van der Waals surface area contributed by atoms with E-state index in [0.29, 0.717) is 0 Å². The summed E-state index contributed by atoms with van der Waals surface area (Å²) in [6, 6.07) is 4.70. The molecule has 4 bridgehead atoms. The predicted molar refractivity (Wildman–Crippen MR) is 50.7 cm³/mol.